The van der Waals surface area contributed by atoms with E-state index < -0.39 is 0 Å². The predicted molar refractivity (Wildman–Crippen MR) is 83.4 cm³/mol. The highest BCUT2D eigenvalue weighted by atomic mass is 35.5. The number of halogens is 2. The van der Waals surface area contributed by atoms with Gasteiger partial charge in [-0.2, -0.15) is 4.98 Å². The molecule has 2 heterocycles. The maximum Gasteiger partial charge on any atom is 0.261 e. The molecule has 8 heteroatoms. The third-order valence-corrected chi connectivity index (χ3v) is 3.64. The number of nitrogens with zero attached hydrogens (tertiary/aromatic N) is 4. The molecule has 0 unspecified atom stereocenters. The quantitative estimate of drug-likeness (QED) is 0.730. The maximum atomic E-state index is 12.5. The van der Waals surface area contributed by atoms with Crippen LogP contribution in [0.25, 0.3) is 10.9 Å². The fourth-order valence-electron chi connectivity index (χ4n) is 2.13. The molecule has 0 aliphatic heterocycles. The van der Waals surface area contributed by atoms with Crippen LogP contribution in [0.3, 0.4) is 0 Å². The third-order valence-electron chi connectivity index (χ3n) is 3.14. The van der Waals surface area contributed by atoms with E-state index in [9.17, 15) is 4.79 Å². The van der Waals surface area contributed by atoms with Crippen LogP contribution in [0.1, 0.15) is 25.1 Å². The van der Waals surface area contributed by atoms with Gasteiger partial charge < -0.3 is 4.52 Å². The molecule has 0 saturated heterocycles. The molecule has 2 aromatic heterocycles. The molecule has 0 spiro atoms. The van der Waals surface area contributed by atoms with Crippen molar-refractivity contribution in [1.29, 1.82) is 0 Å². The van der Waals surface area contributed by atoms with Gasteiger partial charge in [-0.05, 0) is 18.6 Å². The lowest BCUT2D eigenvalue weighted by Crippen LogP contribution is -2.21. The van der Waals surface area contributed by atoms with Gasteiger partial charge in [0, 0.05) is 11.4 Å². The normalized spacial score (nSPS) is 11.2. The minimum atomic E-state index is -0.260. The number of aryl methyl sites for hydroxylation is 1. The number of hydrogen-bond donors (Lipinski definition) is 0. The van der Waals surface area contributed by atoms with Gasteiger partial charge in [-0.3, -0.25) is 9.36 Å². The van der Waals surface area contributed by atoms with Crippen molar-refractivity contribution < 1.29 is 4.52 Å². The summed E-state index contributed by atoms with van der Waals surface area (Å²) in [5.41, 5.74) is 0.161. The summed E-state index contributed by atoms with van der Waals surface area (Å²) in [6.07, 6.45) is 3.07. The molecule has 114 valence electrons. The average Bonchev–Trinajstić information content (AvgIpc) is 2.90. The van der Waals surface area contributed by atoms with Gasteiger partial charge in [0.1, 0.15) is 6.54 Å². The van der Waals surface area contributed by atoms with Crippen LogP contribution in [0.4, 0.5) is 0 Å². The second kappa shape index (κ2) is 6.06. The van der Waals surface area contributed by atoms with Crippen LogP contribution in [0.5, 0.6) is 0 Å². The molecule has 0 bridgehead atoms. The highest BCUT2D eigenvalue weighted by molar-refractivity contribution is 6.38. The van der Waals surface area contributed by atoms with Crippen LogP contribution in [-0.2, 0) is 13.0 Å². The molecule has 6 nitrogen and oxygen atoms in total. The van der Waals surface area contributed by atoms with E-state index in [0.29, 0.717) is 32.7 Å². The van der Waals surface area contributed by atoms with Crippen molar-refractivity contribution in [3.63, 3.8) is 0 Å². The van der Waals surface area contributed by atoms with Gasteiger partial charge in [-0.1, -0.05) is 35.3 Å². The summed E-state index contributed by atoms with van der Waals surface area (Å²) in [6, 6.07) is 3.10. The molecule has 0 saturated carbocycles. The Labute approximate surface area is 135 Å². The van der Waals surface area contributed by atoms with Crippen molar-refractivity contribution in [2.24, 2.45) is 0 Å². The van der Waals surface area contributed by atoms with Crippen LogP contribution < -0.4 is 5.56 Å². The summed E-state index contributed by atoms with van der Waals surface area (Å²) in [7, 11) is 0. The Hall–Kier alpha value is -1.92. The van der Waals surface area contributed by atoms with Crippen molar-refractivity contribution in [3.8, 4) is 0 Å². The zero-order valence-corrected chi connectivity index (χ0v) is 13.2. The summed E-state index contributed by atoms with van der Waals surface area (Å²) in [5, 5.41) is 4.94. The summed E-state index contributed by atoms with van der Waals surface area (Å²) in [6.45, 7) is 2.18. The smallest absolute Gasteiger partial charge is 0.261 e. The van der Waals surface area contributed by atoms with Crippen LogP contribution in [0, 0.1) is 0 Å². The Balaban J connectivity index is 2.00. The van der Waals surface area contributed by atoms with E-state index in [4.69, 9.17) is 27.7 Å². The number of benzene rings is 1. The molecule has 0 aliphatic rings. The number of rotatable bonds is 4. The first kappa shape index (κ1) is 15.0. The lowest BCUT2D eigenvalue weighted by Gasteiger charge is -2.05. The Morgan fingerprint density at radius 1 is 1.32 bits per heavy atom. The zero-order valence-electron chi connectivity index (χ0n) is 11.7. The molecule has 0 fully saturated rings. The highest BCUT2D eigenvalue weighted by Crippen LogP contribution is 2.24. The Bertz CT molecular complexity index is 888. The molecule has 0 N–H and O–H groups in total. The van der Waals surface area contributed by atoms with Crippen LogP contribution in [-0.4, -0.2) is 19.7 Å². The summed E-state index contributed by atoms with van der Waals surface area (Å²) in [5.74, 6) is 0.991. The van der Waals surface area contributed by atoms with Gasteiger partial charge in [0.05, 0.1) is 22.3 Å². The van der Waals surface area contributed by atoms with E-state index in [1.807, 2.05) is 6.92 Å². The SMILES string of the molecule is CCCc1noc(Cn2cnc3c(Cl)cc(Cl)cc3c2=O)n1. The van der Waals surface area contributed by atoms with Crippen molar-refractivity contribution in [1.82, 2.24) is 19.7 Å². The monoisotopic (exact) mass is 338 g/mol. The second-order valence-electron chi connectivity index (χ2n) is 4.82. The van der Waals surface area contributed by atoms with E-state index in [1.165, 1.54) is 10.9 Å². The fraction of sp³-hybridized carbons (Fsp3) is 0.286. The lowest BCUT2D eigenvalue weighted by molar-refractivity contribution is 0.364. The molecule has 22 heavy (non-hydrogen) atoms. The molecular formula is C14H12Cl2N4O2. The zero-order chi connectivity index (χ0) is 15.7. The number of aromatic nitrogens is 4. The van der Waals surface area contributed by atoms with Gasteiger partial charge >= 0.3 is 0 Å². The molecular weight excluding hydrogens is 327 g/mol. The molecule has 3 rings (SSSR count). The lowest BCUT2D eigenvalue weighted by atomic mass is 10.2. The van der Waals surface area contributed by atoms with Crippen molar-refractivity contribution in [2.45, 2.75) is 26.3 Å². The van der Waals surface area contributed by atoms with Crippen LogP contribution in [0.15, 0.2) is 27.8 Å². The Morgan fingerprint density at radius 2 is 2.14 bits per heavy atom. The molecule has 1 aromatic carbocycles. The standard InChI is InChI=1S/C14H12Cl2N4O2/c1-2-3-11-18-12(22-19-11)6-20-7-17-13-9(14(20)21)4-8(15)5-10(13)16/h4-5,7H,2-3,6H2,1H3. The fourth-order valence-corrected chi connectivity index (χ4v) is 2.67. The van der Waals surface area contributed by atoms with E-state index in [2.05, 4.69) is 15.1 Å². The van der Waals surface area contributed by atoms with Gasteiger partial charge in [-0.15, -0.1) is 0 Å². The minimum Gasteiger partial charge on any atom is -0.337 e. The van der Waals surface area contributed by atoms with Gasteiger partial charge in [-0.25, -0.2) is 4.98 Å². The van der Waals surface area contributed by atoms with Crippen LogP contribution in [0.2, 0.25) is 10.0 Å². The largest absolute Gasteiger partial charge is 0.337 e. The van der Waals surface area contributed by atoms with Crippen molar-refractivity contribution >= 4 is 34.1 Å². The van der Waals surface area contributed by atoms with E-state index in [-0.39, 0.29) is 12.1 Å². The number of fused-ring (bicyclic) bond motifs is 1. The molecule has 3 aromatic rings. The predicted octanol–water partition coefficient (Wildman–Crippen LogP) is 3.09. The van der Waals surface area contributed by atoms with E-state index in [1.54, 1.807) is 12.1 Å². The molecule has 0 aliphatic carbocycles. The maximum absolute atomic E-state index is 12.5. The molecule has 0 radical (unpaired) electrons. The Morgan fingerprint density at radius 3 is 2.91 bits per heavy atom. The first-order valence-corrected chi connectivity index (χ1v) is 7.49. The van der Waals surface area contributed by atoms with Crippen LogP contribution >= 0.6 is 23.2 Å². The van der Waals surface area contributed by atoms with Crippen molar-refractivity contribution in [3.05, 3.63) is 50.6 Å². The van der Waals surface area contributed by atoms with E-state index >= 15 is 0 Å². The average molecular weight is 339 g/mol. The first-order valence-electron chi connectivity index (χ1n) is 6.74. The Kier molecular flexibility index (Phi) is 4.13. The summed E-state index contributed by atoms with van der Waals surface area (Å²) in [4.78, 5) is 20.9. The summed E-state index contributed by atoms with van der Waals surface area (Å²) >= 11 is 12.0. The van der Waals surface area contributed by atoms with Gasteiger partial charge in [0.2, 0.25) is 5.89 Å². The first-order chi connectivity index (χ1) is 10.6. The van der Waals surface area contributed by atoms with Gasteiger partial charge in [0.25, 0.3) is 5.56 Å². The highest BCUT2D eigenvalue weighted by Gasteiger charge is 2.12. The van der Waals surface area contributed by atoms with Crippen molar-refractivity contribution in [2.75, 3.05) is 0 Å². The number of hydrogen-bond acceptors (Lipinski definition) is 5. The summed E-state index contributed by atoms with van der Waals surface area (Å²) < 4.78 is 6.52. The third kappa shape index (κ3) is 2.84. The minimum absolute atomic E-state index is 0.155. The molecule has 0 atom stereocenters. The second-order valence-corrected chi connectivity index (χ2v) is 5.66. The van der Waals surface area contributed by atoms with Gasteiger partial charge in [0.15, 0.2) is 5.82 Å². The topological polar surface area (TPSA) is 73.8 Å². The molecule has 0 amide bonds. The van der Waals surface area contributed by atoms with E-state index in [0.717, 1.165) is 12.8 Å².